The number of aromatic nitrogens is 1. The summed E-state index contributed by atoms with van der Waals surface area (Å²) in [6.07, 6.45) is 3.59. The Bertz CT molecular complexity index is 432. The minimum Gasteiger partial charge on any atom is -0.347 e. The third kappa shape index (κ3) is 2.23. The number of nitrogens with zero attached hydrogens (tertiary/aromatic N) is 1. The number of nitrogens with one attached hydrogen (secondary N) is 1. The van der Waals surface area contributed by atoms with Gasteiger partial charge < -0.3 is 5.32 Å². The van der Waals surface area contributed by atoms with Gasteiger partial charge in [-0.1, -0.05) is 0 Å². The van der Waals surface area contributed by atoms with Crippen LogP contribution in [0.15, 0.2) is 5.38 Å². The van der Waals surface area contributed by atoms with E-state index in [1.165, 1.54) is 6.42 Å². The van der Waals surface area contributed by atoms with Crippen molar-refractivity contribution >= 4 is 17.2 Å². The molecule has 0 aliphatic heterocycles. The fourth-order valence-electron chi connectivity index (χ4n) is 2.89. The molecule has 1 heterocycles. The summed E-state index contributed by atoms with van der Waals surface area (Å²) >= 11 is 1.63. The van der Waals surface area contributed by atoms with E-state index in [-0.39, 0.29) is 17.9 Å². The SMILES string of the molecule is Cc1csc(C(C)NC(=O)C2CC3CC3C2)n1. The van der Waals surface area contributed by atoms with Crippen molar-refractivity contribution in [3.05, 3.63) is 16.1 Å². The van der Waals surface area contributed by atoms with Gasteiger partial charge in [-0.05, 0) is 44.9 Å². The number of amides is 1. The molecule has 4 heteroatoms. The molecule has 92 valence electrons. The van der Waals surface area contributed by atoms with E-state index < -0.39 is 0 Å². The van der Waals surface area contributed by atoms with Crippen molar-refractivity contribution in [1.29, 1.82) is 0 Å². The van der Waals surface area contributed by atoms with E-state index in [0.29, 0.717) is 0 Å². The van der Waals surface area contributed by atoms with Gasteiger partial charge in [0.2, 0.25) is 5.91 Å². The second-order valence-electron chi connectivity index (χ2n) is 5.48. The first-order chi connectivity index (χ1) is 8.13. The topological polar surface area (TPSA) is 42.0 Å². The van der Waals surface area contributed by atoms with Gasteiger partial charge in [-0.25, -0.2) is 4.98 Å². The second-order valence-corrected chi connectivity index (χ2v) is 6.37. The Morgan fingerprint density at radius 1 is 1.47 bits per heavy atom. The summed E-state index contributed by atoms with van der Waals surface area (Å²) in [6, 6.07) is 0.0538. The summed E-state index contributed by atoms with van der Waals surface area (Å²) in [6.45, 7) is 4.00. The van der Waals surface area contributed by atoms with Gasteiger partial charge >= 0.3 is 0 Å². The van der Waals surface area contributed by atoms with E-state index in [0.717, 1.165) is 35.4 Å². The van der Waals surface area contributed by atoms with Gasteiger partial charge in [0.25, 0.3) is 0 Å². The maximum absolute atomic E-state index is 12.1. The smallest absolute Gasteiger partial charge is 0.223 e. The van der Waals surface area contributed by atoms with Crippen LogP contribution in [-0.4, -0.2) is 10.9 Å². The molecule has 2 aliphatic rings. The lowest BCUT2D eigenvalue weighted by Crippen LogP contribution is -2.32. The molecule has 2 saturated carbocycles. The second kappa shape index (κ2) is 4.09. The Labute approximate surface area is 106 Å². The summed E-state index contributed by atoms with van der Waals surface area (Å²) in [5.41, 5.74) is 1.04. The van der Waals surface area contributed by atoms with E-state index >= 15 is 0 Å². The molecule has 2 aliphatic carbocycles. The molecule has 0 spiro atoms. The number of carbonyl (C=O) groups is 1. The summed E-state index contributed by atoms with van der Waals surface area (Å²) in [7, 11) is 0. The van der Waals surface area contributed by atoms with Gasteiger partial charge in [0, 0.05) is 17.0 Å². The van der Waals surface area contributed by atoms with Crippen LogP contribution >= 0.6 is 11.3 Å². The largest absolute Gasteiger partial charge is 0.347 e. The zero-order valence-electron chi connectivity index (χ0n) is 10.3. The summed E-state index contributed by atoms with van der Waals surface area (Å²) in [4.78, 5) is 16.5. The first-order valence-electron chi connectivity index (χ1n) is 6.36. The first-order valence-corrected chi connectivity index (χ1v) is 7.24. The molecule has 3 nitrogen and oxygen atoms in total. The van der Waals surface area contributed by atoms with E-state index in [2.05, 4.69) is 10.3 Å². The van der Waals surface area contributed by atoms with Crippen molar-refractivity contribution in [2.75, 3.05) is 0 Å². The van der Waals surface area contributed by atoms with Crippen LogP contribution in [0.4, 0.5) is 0 Å². The Hall–Kier alpha value is -0.900. The van der Waals surface area contributed by atoms with E-state index in [9.17, 15) is 4.79 Å². The molecule has 0 aromatic carbocycles. The fourth-order valence-corrected chi connectivity index (χ4v) is 3.70. The van der Waals surface area contributed by atoms with Crippen LogP contribution < -0.4 is 5.32 Å². The molecule has 2 fully saturated rings. The van der Waals surface area contributed by atoms with Gasteiger partial charge in [0.15, 0.2) is 0 Å². The lowest BCUT2D eigenvalue weighted by atomic mass is 10.0. The third-order valence-electron chi connectivity index (χ3n) is 3.98. The van der Waals surface area contributed by atoms with Gasteiger partial charge in [-0.2, -0.15) is 0 Å². The maximum Gasteiger partial charge on any atom is 0.223 e. The number of thiazole rings is 1. The summed E-state index contributed by atoms with van der Waals surface area (Å²) < 4.78 is 0. The zero-order chi connectivity index (χ0) is 12.0. The zero-order valence-corrected chi connectivity index (χ0v) is 11.1. The van der Waals surface area contributed by atoms with Gasteiger partial charge in [-0.15, -0.1) is 11.3 Å². The van der Waals surface area contributed by atoms with Crippen LogP contribution in [0.2, 0.25) is 0 Å². The molecule has 3 atom stereocenters. The molecular formula is C13H18N2OS. The molecule has 3 rings (SSSR count). The maximum atomic E-state index is 12.1. The number of fused-ring (bicyclic) bond motifs is 1. The average Bonchev–Trinajstić information content (AvgIpc) is 2.74. The highest BCUT2D eigenvalue weighted by molar-refractivity contribution is 7.09. The molecule has 17 heavy (non-hydrogen) atoms. The van der Waals surface area contributed by atoms with Crippen LogP contribution in [0.1, 0.15) is 42.9 Å². The number of hydrogen-bond donors (Lipinski definition) is 1. The van der Waals surface area contributed by atoms with Crippen molar-refractivity contribution in [3.8, 4) is 0 Å². The Morgan fingerprint density at radius 3 is 2.76 bits per heavy atom. The standard InChI is InChI=1S/C13H18N2OS/c1-7-6-17-13(14-7)8(2)15-12(16)11-4-9-3-10(9)5-11/h6,8-11H,3-5H2,1-2H3,(H,15,16). The number of hydrogen-bond acceptors (Lipinski definition) is 3. The minimum atomic E-state index is 0.0538. The summed E-state index contributed by atoms with van der Waals surface area (Å²) in [5, 5.41) is 6.14. The molecule has 3 unspecified atom stereocenters. The van der Waals surface area contributed by atoms with Gasteiger partial charge in [0.1, 0.15) is 5.01 Å². The van der Waals surface area contributed by atoms with Gasteiger partial charge in [0.05, 0.1) is 6.04 Å². The molecule has 1 aromatic heterocycles. The number of rotatable bonds is 3. The lowest BCUT2D eigenvalue weighted by molar-refractivity contribution is -0.125. The molecule has 1 amide bonds. The molecule has 1 N–H and O–H groups in total. The third-order valence-corrected chi connectivity index (χ3v) is 5.13. The Morgan fingerprint density at radius 2 is 2.18 bits per heavy atom. The number of carbonyl (C=O) groups excluding carboxylic acids is 1. The Kier molecular flexibility index (Phi) is 2.69. The van der Waals surface area contributed by atoms with Crippen molar-refractivity contribution in [2.45, 2.75) is 39.2 Å². The van der Waals surface area contributed by atoms with Crippen molar-refractivity contribution in [2.24, 2.45) is 17.8 Å². The van der Waals surface area contributed by atoms with Crippen molar-refractivity contribution in [3.63, 3.8) is 0 Å². The highest BCUT2D eigenvalue weighted by Gasteiger charge is 2.48. The average molecular weight is 250 g/mol. The summed E-state index contributed by atoms with van der Waals surface area (Å²) in [5.74, 6) is 2.23. The highest BCUT2D eigenvalue weighted by Crippen LogP contribution is 2.54. The molecular weight excluding hydrogens is 232 g/mol. The molecule has 1 aromatic rings. The van der Waals surface area contributed by atoms with Crippen LogP contribution in [0.25, 0.3) is 0 Å². The van der Waals surface area contributed by atoms with Crippen molar-refractivity contribution < 1.29 is 4.79 Å². The predicted molar refractivity (Wildman–Crippen MR) is 67.7 cm³/mol. The minimum absolute atomic E-state index is 0.0538. The van der Waals surface area contributed by atoms with Gasteiger partial charge in [-0.3, -0.25) is 4.79 Å². The molecule has 0 saturated heterocycles. The number of aryl methyl sites for hydroxylation is 1. The van der Waals surface area contributed by atoms with Crippen LogP contribution in [0.3, 0.4) is 0 Å². The quantitative estimate of drug-likeness (QED) is 0.896. The van der Waals surface area contributed by atoms with Crippen molar-refractivity contribution in [1.82, 2.24) is 10.3 Å². The highest BCUT2D eigenvalue weighted by atomic mass is 32.1. The predicted octanol–water partition coefficient (Wildman–Crippen LogP) is 2.67. The normalized spacial score (nSPS) is 32.0. The van der Waals surface area contributed by atoms with Crippen LogP contribution in [-0.2, 0) is 4.79 Å². The van der Waals surface area contributed by atoms with E-state index in [4.69, 9.17) is 0 Å². The first kappa shape index (κ1) is 11.2. The Balaban J connectivity index is 1.57. The fraction of sp³-hybridized carbons (Fsp3) is 0.692. The monoisotopic (exact) mass is 250 g/mol. The molecule has 0 radical (unpaired) electrons. The van der Waals surface area contributed by atoms with Crippen LogP contribution in [0, 0.1) is 24.7 Å². The van der Waals surface area contributed by atoms with E-state index in [1.807, 2.05) is 19.2 Å². The van der Waals surface area contributed by atoms with E-state index in [1.54, 1.807) is 11.3 Å². The molecule has 0 bridgehead atoms. The van der Waals surface area contributed by atoms with Crippen LogP contribution in [0.5, 0.6) is 0 Å². The lowest BCUT2D eigenvalue weighted by Gasteiger charge is -2.16.